The molecule has 1 aromatic carbocycles. The number of methoxy groups -OCH3 is 1. The van der Waals surface area contributed by atoms with Crippen molar-refractivity contribution in [3.05, 3.63) is 33.8 Å². The maximum atomic E-state index is 10.8. The number of benzene rings is 1. The van der Waals surface area contributed by atoms with Crippen LogP contribution in [0.1, 0.15) is 21.5 Å². The molecule has 0 heterocycles. The fraction of sp³-hybridized carbons (Fsp3) is 0.222. The van der Waals surface area contributed by atoms with Gasteiger partial charge in [0.1, 0.15) is 0 Å². The number of halogens is 2. The summed E-state index contributed by atoms with van der Waals surface area (Å²) < 4.78 is 5.64. The SMILES string of the molecule is COC(Cl)c1ccc(C(N)=O)cc1Br. The molecule has 1 rings (SSSR count). The molecular weight excluding hydrogens is 269 g/mol. The largest absolute Gasteiger partial charge is 0.366 e. The van der Waals surface area contributed by atoms with Crippen molar-refractivity contribution >= 4 is 33.4 Å². The maximum Gasteiger partial charge on any atom is 0.248 e. The Morgan fingerprint density at radius 2 is 2.29 bits per heavy atom. The third-order valence-electron chi connectivity index (χ3n) is 1.74. The van der Waals surface area contributed by atoms with Gasteiger partial charge in [-0.15, -0.1) is 0 Å². The molecule has 0 fully saturated rings. The van der Waals surface area contributed by atoms with E-state index in [1.54, 1.807) is 18.2 Å². The molecule has 0 aliphatic carbocycles. The maximum absolute atomic E-state index is 10.8. The van der Waals surface area contributed by atoms with Crippen molar-refractivity contribution in [3.8, 4) is 0 Å². The molecule has 0 radical (unpaired) electrons. The average Bonchev–Trinajstić information content (AvgIpc) is 2.16. The van der Waals surface area contributed by atoms with E-state index in [1.165, 1.54) is 7.11 Å². The summed E-state index contributed by atoms with van der Waals surface area (Å²) in [7, 11) is 1.51. The van der Waals surface area contributed by atoms with Gasteiger partial charge >= 0.3 is 0 Å². The highest BCUT2D eigenvalue weighted by Gasteiger charge is 2.11. The molecule has 14 heavy (non-hydrogen) atoms. The van der Waals surface area contributed by atoms with E-state index >= 15 is 0 Å². The van der Waals surface area contributed by atoms with E-state index in [2.05, 4.69) is 15.9 Å². The molecule has 0 spiro atoms. The molecule has 3 nitrogen and oxygen atoms in total. The molecule has 0 aliphatic rings. The Hall–Kier alpha value is -0.580. The van der Waals surface area contributed by atoms with Gasteiger partial charge in [0, 0.05) is 22.7 Å². The summed E-state index contributed by atoms with van der Waals surface area (Å²) in [6.07, 6.45) is 0. The van der Waals surface area contributed by atoms with Crippen molar-refractivity contribution in [1.29, 1.82) is 0 Å². The third kappa shape index (κ3) is 2.47. The zero-order valence-corrected chi connectivity index (χ0v) is 9.80. The first kappa shape index (κ1) is 11.5. The van der Waals surface area contributed by atoms with Crippen molar-refractivity contribution in [2.45, 2.75) is 5.56 Å². The van der Waals surface area contributed by atoms with Crippen LogP contribution in [0.2, 0.25) is 0 Å². The van der Waals surface area contributed by atoms with Crippen LogP contribution in [0, 0.1) is 0 Å². The monoisotopic (exact) mass is 277 g/mol. The van der Waals surface area contributed by atoms with E-state index in [0.717, 1.165) is 5.56 Å². The summed E-state index contributed by atoms with van der Waals surface area (Å²) in [5.41, 5.74) is 5.78. The van der Waals surface area contributed by atoms with Gasteiger partial charge < -0.3 is 10.5 Å². The van der Waals surface area contributed by atoms with Crippen LogP contribution in [0.4, 0.5) is 0 Å². The number of hydrogen-bond donors (Lipinski definition) is 1. The molecule has 5 heteroatoms. The molecule has 1 atom stereocenters. The predicted octanol–water partition coefficient (Wildman–Crippen LogP) is 2.43. The van der Waals surface area contributed by atoms with Crippen molar-refractivity contribution in [2.24, 2.45) is 5.73 Å². The smallest absolute Gasteiger partial charge is 0.248 e. The Morgan fingerprint density at radius 3 is 2.71 bits per heavy atom. The Labute approximate surface area is 95.3 Å². The van der Waals surface area contributed by atoms with Gasteiger partial charge in [-0.1, -0.05) is 33.6 Å². The lowest BCUT2D eigenvalue weighted by Crippen LogP contribution is -2.11. The minimum Gasteiger partial charge on any atom is -0.366 e. The topological polar surface area (TPSA) is 52.3 Å². The Morgan fingerprint density at radius 1 is 1.64 bits per heavy atom. The van der Waals surface area contributed by atoms with Crippen molar-refractivity contribution in [2.75, 3.05) is 7.11 Å². The molecule has 1 amide bonds. The van der Waals surface area contributed by atoms with E-state index in [-0.39, 0.29) is 0 Å². The molecule has 0 aromatic heterocycles. The van der Waals surface area contributed by atoms with Crippen molar-refractivity contribution in [1.82, 2.24) is 0 Å². The Bertz CT molecular complexity index is 357. The second-order valence-corrected chi connectivity index (χ2v) is 3.90. The highest BCUT2D eigenvalue weighted by atomic mass is 79.9. The highest BCUT2D eigenvalue weighted by molar-refractivity contribution is 9.10. The summed E-state index contributed by atoms with van der Waals surface area (Å²) >= 11 is 9.14. The standard InChI is InChI=1S/C9H9BrClNO2/c1-14-8(11)6-3-2-5(9(12)13)4-7(6)10/h2-4,8H,1H3,(H2,12,13). The zero-order chi connectivity index (χ0) is 10.7. The number of carbonyl (C=O) groups excluding carboxylic acids is 1. The fourth-order valence-corrected chi connectivity index (χ4v) is 1.90. The molecule has 2 N–H and O–H groups in total. The van der Waals surface area contributed by atoms with Crippen LogP contribution in [0.3, 0.4) is 0 Å². The number of hydrogen-bond acceptors (Lipinski definition) is 2. The molecular formula is C9H9BrClNO2. The van der Waals surface area contributed by atoms with E-state index in [9.17, 15) is 4.79 Å². The normalized spacial score (nSPS) is 12.5. The fourth-order valence-electron chi connectivity index (χ4n) is 0.991. The van der Waals surface area contributed by atoms with Crippen LogP contribution in [0.5, 0.6) is 0 Å². The zero-order valence-electron chi connectivity index (χ0n) is 7.46. The van der Waals surface area contributed by atoms with Gasteiger partial charge in [0.15, 0.2) is 5.56 Å². The average molecular weight is 279 g/mol. The van der Waals surface area contributed by atoms with E-state index in [4.69, 9.17) is 22.1 Å². The van der Waals surface area contributed by atoms with E-state index < -0.39 is 11.5 Å². The molecule has 1 unspecified atom stereocenters. The summed E-state index contributed by atoms with van der Waals surface area (Å²) in [5.74, 6) is -0.471. The number of ether oxygens (including phenoxy) is 1. The quantitative estimate of drug-likeness (QED) is 0.863. The molecule has 0 bridgehead atoms. The minimum atomic E-state index is -0.536. The van der Waals surface area contributed by atoms with Crippen LogP contribution in [0.25, 0.3) is 0 Å². The summed E-state index contributed by atoms with van der Waals surface area (Å²) in [4.78, 5) is 10.8. The van der Waals surface area contributed by atoms with Gasteiger partial charge in [-0.2, -0.15) is 0 Å². The van der Waals surface area contributed by atoms with Crippen LogP contribution in [-0.4, -0.2) is 13.0 Å². The molecule has 1 aromatic rings. The lowest BCUT2D eigenvalue weighted by molar-refractivity contribution is 0.1000. The van der Waals surface area contributed by atoms with Crippen molar-refractivity contribution < 1.29 is 9.53 Å². The van der Waals surface area contributed by atoms with E-state index in [1.807, 2.05) is 0 Å². The van der Waals surface area contributed by atoms with Gasteiger partial charge in [0.25, 0.3) is 0 Å². The lowest BCUT2D eigenvalue weighted by Gasteiger charge is -2.10. The second-order valence-electron chi connectivity index (χ2n) is 2.65. The van der Waals surface area contributed by atoms with Crippen molar-refractivity contribution in [3.63, 3.8) is 0 Å². The summed E-state index contributed by atoms with van der Waals surface area (Å²) in [6, 6.07) is 4.92. The minimum absolute atomic E-state index is 0.431. The second kappa shape index (κ2) is 4.77. The number of amides is 1. The number of nitrogens with two attached hydrogens (primary N) is 1. The summed E-state index contributed by atoms with van der Waals surface area (Å²) in [5, 5.41) is 0. The third-order valence-corrected chi connectivity index (χ3v) is 2.84. The Balaban J connectivity index is 3.07. The number of alkyl halides is 1. The van der Waals surface area contributed by atoms with E-state index in [0.29, 0.717) is 10.0 Å². The summed E-state index contributed by atoms with van der Waals surface area (Å²) in [6.45, 7) is 0. The first-order valence-electron chi connectivity index (χ1n) is 3.82. The van der Waals surface area contributed by atoms with Crippen LogP contribution in [0.15, 0.2) is 22.7 Å². The molecule has 0 saturated heterocycles. The van der Waals surface area contributed by atoms with Gasteiger partial charge in [-0.3, -0.25) is 4.79 Å². The van der Waals surface area contributed by atoms with Crippen LogP contribution < -0.4 is 5.73 Å². The van der Waals surface area contributed by atoms with Gasteiger partial charge in [-0.25, -0.2) is 0 Å². The molecule has 0 aliphatic heterocycles. The molecule has 76 valence electrons. The van der Waals surface area contributed by atoms with Crippen LogP contribution >= 0.6 is 27.5 Å². The first-order chi connectivity index (χ1) is 6.56. The van der Waals surface area contributed by atoms with Crippen LogP contribution in [-0.2, 0) is 4.74 Å². The molecule has 0 saturated carbocycles. The first-order valence-corrected chi connectivity index (χ1v) is 5.05. The number of rotatable bonds is 3. The lowest BCUT2D eigenvalue weighted by atomic mass is 10.1. The predicted molar refractivity (Wildman–Crippen MR) is 58.3 cm³/mol. The van der Waals surface area contributed by atoms with Gasteiger partial charge in [0.2, 0.25) is 5.91 Å². The number of primary amides is 1. The Kier molecular flexibility index (Phi) is 3.92. The van der Waals surface area contributed by atoms with Gasteiger partial charge in [0.05, 0.1) is 0 Å². The van der Waals surface area contributed by atoms with Gasteiger partial charge in [-0.05, 0) is 12.1 Å². The highest BCUT2D eigenvalue weighted by Crippen LogP contribution is 2.29. The number of carbonyl (C=O) groups is 1.